The lowest BCUT2D eigenvalue weighted by Crippen LogP contribution is -2.22. The van der Waals surface area contributed by atoms with Crippen LogP contribution >= 0.6 is 11.3 Å². The fourth-order valence-corrected chi connectivity index (χ4v) is 2.87. The molecule has 0 saturated heterocycles. The van der Waals surface area contributed by atoms with E-state index in [0.29, 0.717) is 4.80 Å². The number of amides is 1. The fourth-order valence-electron chi connectivity index (χ4n) is 1.89. The minimum atomic E-state index is -0.708. The molecule has 0 unspecified atom stereocenters. The highest BCUT2D eigenvalue weighted by molar-refractivity contribution is 7.16. The predicted molar refractivity (Wildman–Crippen MR) is 79.2 cm³/mol. The fraction of sp³-hybridized carbons (Fsp3) is 0.0769. The molecule has 2 heterocycles. The molecule has 0 bridgehead atoms. The standard InChI is InChI=1S/C13H10N4O4S/c1-16-8-4-2-3-5-10(8)22-13(16)15-14-12(18)9-6-7-11(21-9)17(19)20/h2-7H,1H3,(H,14,18)/b15-13-. The molecule has 1 N–H and O–H groups in total. The topological polar surface area (TPSA) is 103 Å². The molecule has 3 aromatic rings. The molecule has 1 amide bonds. The number of aryl methyl sites for hydroxylation is 1. The SMILES string of the molecule is Cn1/c(=N/NC(=O)c2ccc([N+](=O)[O-])o2)sc2ccccc21. The summed E-state index contributed by atoms with van der Waals surface area (Å²) in [6.07, 6.45) is 0. The highest BCUT2D eigenvalue weighted by atomic mass is 32.1. The molecule has 112 valence electrons. The second-order valence-electron chi connectivity index (χ2n) is 4.36. The van der Waals surface area contributed by atoms with Crippen molar-refractivity contribution < 1.29 is 14.1 Å². The predicted octanol–water partition coefficient (Wildman–Crippen LogP) is 1.99. The number of furan rings is 1. The van der Waals surface area contributed by atoms with Crippen LogP contribution < -0.4 is 10.2 Å². The van der Waals surface area contributed by atoms with Gasteiger partial charge in [0.15, 0.2) is 0 Å². The summed E-state index contributed by atoms with van der Waals surface area (Å²) >= 11 is 1.41. The molecular formula is C13H10N4O4S. The number of hydrogen-bond donors (Lipinski definition) is 1. The summed E-state index contributed by atoms with van der Waals surface area (Å²) in [5, 5.41) is 14.5. The van der Waals surface area contributed by atoms with Crippen LogP contribution in [0.3, 0.4) is 0 Å². The van der Waals surface area contributed by atoms with Gasteiger partial charge in [-0.05, 0) is 18.2 Å². The zero-order valence-corrected chi connectivity index (χ0v) is 12.2. The molecule has 0 radical (unpaired) electrons. The average molecular weight is 318 g/mol. The van der Waals surface area contributed by atoms with Gasteiger partial charge in [-0.2, -0.15) is 0 Å². The van der Waals surface area contributed by atoms with Crippen LogP contribution in [-0.4, -0.2) is 15.4 Å². The van der Waals surface area contributed by atoms with Gasteiger partial charge in [-0.15, -0.1) is 5.10 Å². The number of carbonyl (C=O) groups is 1. The van der Waals surface area contributed by atoms with Gasteiger partial charge >= 0.3 is 11.8 Å². The van der Waals surface area contributed by atoms with Gasteiger partial charge in [0.1, 0.15) is 4.92 Å². The molecule has 0 aliphatic rings. The van der Waals surface area contributed by atoms with Crippen LogP contribution in [0.2, 0.25) is 0 Å². The van der Waals surface area contributed by atoms with Crippen molar-refractivity contribution in [2.75, 3.05) is 0 Å². The van der Waals surface area contributed by atoms with Crippen molar-refractivity contribution in [1.82, 2.24) is 9.99 Å². The number of nitro groups is 1. The molecule has 0 saturated carbocycles. The summed E-state index contributed by atoms with van der Waals surface area (Å²) in [6.45, 7) is 0. The summed E-state index contributed by atoms with van der Waals surface area (Å²) in [7, 11) is 1.83. The van der Waals surface area contributed by atoms with Crippen LogP contribution in [0.4, 0.5) is 5.88 Å². The lowest BCUT2D eigenvalue weighted by atomic mass is 10.3. The van der Waals surface area contributed by atoms with E-state index in [4.69, 9.17) is 4.42 Å². The lowest BCUT2D eigenvalue weighted by Gasteiger charge is -1.95. The summed E-state index contributed by atoms with van der Waals surface area (Å²) in [5.41, 5.74) is 3.32. The maximum absolute atomic E-state index is 11.9. The van der Waals surface area contributed by atoms with Gasteiger partial charge in [0.05, 0.1) is 16.3 Å². The van der Waals surface area contributed by atoms with Crippen molar-refractivity contribution in [1.29, 1.82) is 0 Å². The first-order valence-electron chi connectivity index (χ1n) is 6.19. The number of fused-ring (bicyclic) bond motifs is 1. The van der Waals surface area contributed by atoms with E-state index in [-0.39, 0.29) is 5.76 Å². The largest absolute Gasteiger partial charge is 0.433 e. The monoisotopic (exact) mass is 318 g/mol. The quantitative estimate of drug-likeness (QED) is 0.589. The van der Waals surface area contributed by atoms with E-state index in [1.54, 1.807) is 0 Å². The van der Waals surface area contributed by atoms with E-state index < -0.39 is 16.7 Å². The molecule has 2 aromatic heterocycles. The highest BCUT2D eigenvalue weighted by Gasteiger charge is 2.16. The molecule has 0 aliphatic carbocycles. The first kappa shape index (κ1) is 14.0. The molecule has 22 heavy (non-hydrogen) atoms. The Hall–Kier alpha value is -2.94. The number of para-hydroxylation sites is 1. The van der Waals surface area contributed by atoms with Crippen molar-refractivity contribution in [3.63, 3.8) is 0 Å². The van der Waals surface area contributed by atoms with Crippen molar-refractivity contribution in [2.24, 2.45) is 12.1 Å². The van der Waals surface area contributed by atoms with Crippen LogP contribution in [0, 0.1) is 10.1 Å². The van der Waals surface area contributed by atoms with Crippen LogP contribution in [0.1, 0.15) is 10.6 Å². The number of rotatable bonds is 3. The lowest BCUT2D eigenvalue weighted by molar-refractivity contribution is -0.402. The molecule has 8 nitrogen and oxygen atoms in total. The van der Waals surface area contributed by atoms with Crippen LogP contribution in [0.25, 0.3) is 10.2 Å². The summed E-state index contributed by atoms with van der Waals surface area (Å²) in [4.78, 5) is 22.3. The summed E-state index contributed by atoms with van der Waals surface area (Å²) in [5.74, 6) is -1.30. The molecule has 0 spiro atoms. The number of carbonyl (C=O) groups excluding carboxylic acids is 1. The number of thiazole rings is 1. The summed E-state index contributed by atoms with van der Waals surface area (Å²) < 4.78 is 7.68. The molecule has 0 atom stereocenters. The average Bonchev–Trinajstić information content (AvgIpc) is 3.11. The third-order valence-electron chi connectivity index (χ3n) is 2.96. The van der Waals surface area contributed by atoms with E-state index >= 15 is 0 Å². The van der Waals surface area contributed by atoms with Gasteiger partial charge < -0.3 is 8.98 Å². The van der Waals surface area contributed by atoms with Crippen LogP contribution in [0.5, 0.6) is 0 Å². The molecule has 0 aliphatic heterocycles. The maximum atomic E-state index is 11.9. The van der Waals surface area contributed by atoms with Gasteiger partial charge in [-0.3, -0.25) is 14.9 Å². The number of benzene rings is 1. The Labute approximate surface area is 127 Å². The van der Waals surface area contributed by atoms with Gasteiger partial charge in [0, 0.05) is 7.05 Å². The normalized spacial score (nSPS) is 11.8. The third-order valence-corrected chi connectivity index (χ3v) is 4.08. The van der Waals surface area contributed by atoms with Crippen molar-refractivity contribution in [3.8, 4) is 0 Å². The zero-order valence-electron chi connectivity index (χ0n) is 11.3. The van der Waals surface area contributed by atoms with Gasteiger partial charge in [-0.1, -0.05) is 23.5 Å². The highest BCUT2D eigenvalue weighted by Crippen LogP contribution is 2.16. The number of nitrogens with one attached hydrogen (secondary N) is 1. The first-order valence-corrected chi connectivity index (χ1v) is 7.01. The molecule has 1 aromatic carbocycles. The Balaban J connectivity index is 1.87. The number of hydrogen-bond acceptors (Lipinski definition) is 6. The number of aromatic nitrogens is 1. The van der Waals surface area contributed by atoms with Crippen molar-refractivity contribution in [2.45, 2.75) is 0 Å². The van der Waals surface area contributed by atoms with Gasteiger partial charge in [-0.25, -0.2) is 5.43 Å². The van der Waals surface area contributed by atoms with Crippen LogP contribution in [-0.2, 0) is 7.05 Å². The van der Waals surface area contributed by atoms with E-state index in [1.807, 2.05) is 35.9 Å². The second kappa shape index (κ2) is 5.45. The molecule has 3 rings (SSSR count). The Morgan fingerprint density at radius 2 is 2.14 bits per heavy atom. The van der Waals surface area contributed by atoms with Gasteiger partial charge in [0.25, 0.3) is 0 Å². The maximum Gasteiger partial charge on any atom is 0.433 e. The van der Waals surface area contributed by atoms with E-state index in [2.05, 4.69) is 10.5 Å². The minimum Gasteiger partial charge on any atom is -0.395 e. The van der Waals surface area contributed by atoms with Gasteiger partial charge in [0.2, 0.25) is 10.6 Å². The molecule has 0 fully saturated rings. The van der Waals surface area contributed by atoms with E-state index in [0.717, 1.165) is 16.3 Å². The first-order chi connectivity index (χ1) is 10.6. The molecular weight excluding hydrogens is 308 g/mol. The smallest absolute Gasteiger partial charge is 0.395 e. The Bertz CT molecular complexity index is 937. The second-order valence-corrected chi connectivity index (χ2v) is 5.37. The Morgan fingerprint density at radius 1 is 1.36 bits per heavy atom. The Kier molecular flexibility index (Phi) is 3.47. The summed E-state index contributed by atoms with van der Waals surface area (Å²) in [6, 6.07) is 10.1. The molecule has 9 heteroatoms. The minimum absolute atomic E-state index is 0.167. The zero-order chi connectivity index (χ0) is 15.7. The van der Waals surface area contributed by atoms with Crippen molar-refractivity contribution in [3.05, 3.63) is 57.1 Å². The van der Waals surface area contributed by atoms with Crippen LogP contribution in [0.15, 0.2) is 45.9 Å². The van der Waals surface area contributed by atoms with E-state index in [9.17, 15) is 14.9 Å². The van der Waals surface area contributed by atoms with Crippen molar-refractivity contribution >= 4 is 33.3 Å². The Morgan fingerprint density at radius 3 is 2.82 bits per heavy atom. The van der Waals surface area contributed by atoms with E-state index in [1.165, 1.54) is 17.4 Å². The number of nitrogens with zero attached hydrogens (tertiary/aromatic N) is 3. The third kappa shape index (κ3) is 2.49.